The van der Waals surface area contributed by atoms with Crippen LogP contribution in [0.15, 0.2) is 42.5 Å². The summed E-state index contributed by atoms with van der Waals surface area (Å²) in [6.07, 6.45) is 0. The van der Waals surface area contributed by atoms with Crippen LogP contribution in [0.4, 0.5) is 5.69 Å². The van der Waals surface area contributed by atoms with Crippen LogP contribution in [0.5, 0.6) is 0 Å². The van der Waals surface area contributed by atoms with Crippen LogP contribution >= 0.6 is 0 Å². The van der Waals surface area contributed by atoms with E-state index in [-0.39, 0.29) is 0 Å². The molecule has 0 aliphatic carbocycles. The maximum Gasteiger partial charge on any atom is 0.328 e. The maximum absolute atomic E-state index is 10.8. The molecule has 0 radical (unpaired) electrons. The third-order valence-corrected chi connectivity index (χ3v) is 2.74. The van der Waals surface area contributed by atoms with Crippen LogP contribution in [-0.4, -0.2) is 22.3 Å². The molecular weight excluding hydrogens is 218 g/mol. The first-order chi connectivity index (χ1) is 8.11. The Morgan fingerprint density at radius 1 is 1.18 bits per heavy atom. The van der Waals surface area contributed by atoms with Gasteiger partial charge in [-0.25, -0.2) is 9.86 Å². The molecule has 4 heteroatoms. The minimum absolute atomic E-state index is 0.498. The Bertz CT molecular complexity index is 548. The summed E-state index contributed by atoms with van der Waals surface area (Å²) in [4.78, 5) is 10.8. The number of fused-ring (bicyclic) bond motifs is 1. The summed E-state index contributed by atoms with van der Waals surface area (Å²) in [5.41, 5.74) is 0.498. The normalized spacial score (nSPS) is 12.4. The number of rotatable bonds is 3. The first-order valence-corrected chi connectivity index (χ1v) is 5.30. The van der Waals surface area contributed by atoms with Crippen LogP contribution in [0.1, 0.15) is 6.92 Å². The van der Waals surface area contributed by atoms with Gasteiger partial charge in [0, 0.05) is 5.39 Å². The first kappa shape index (κ1) is 11.4. The quantitative estimate of drug-likeness (QED) is 0.797. The fraction of sp³-hybridized carbons (Fsp3) is 0.154. The van der Waals surface area contributed by atoms with Gasteiger partial charge in [-0.15, -0.1) is 0 Å². The molecule has 0 saturated heterocycles. The van der Waals surface area contributed by atoms with E-state index in [0.29, 0.717) is 5.69 Å². The van der Waals surface area contributed by atoms with Crippen molar-refractivity contribution in [2.45, 2.75) is 13.0 Å². The van der Waals surface area contributed by atoms with Gasteiger partial charge in [0.2, 0.25) is 0 Å². The molecule has 0 aliphatic heterocycles. The third-order valence-electron chi connectivity index (χ3n) is 2.74. The second-order valence-electron chi connectivity index (χ2n) is 3.86. The van der Waals surface area contributed by atoms with E-state index in [4.69, 9.17) is 5.11 Å². The summed E-state index contributed by atoms with van der Waals surface area (Å²) in [5.74, 6) is -1.07. The number of carbonyl (C=O) groups is 1. The van der Waals surface area contributed by atoms with Crippen LogP contribution in [0.25, 0.3) is 10.8 Å². The molecule has 88 valence electrons. The Morgan fingerprint density at radius 2 is 1.82 bits per heavy atom. The van der Waals surface area contributed by atoms with E-state index in [1.807, 2.05) is 30.3 Å². The molecule has 0 aliphatic rings. The van der Waals surface area contributed by atoms with Crippen molar-refractivity contribution in [2.75, 3.05) is 5.06 Å². The highest BCUT2D eigenvalue weighted by Gasteiger charge is 2.20. The zero-order valence-electron chi connectivity index (χ0n) is 9.37. The number of carboxylic acids is 1. The number of aliphatic carboxylic acids is 1. The molecule has 2 rings (SSSR count). The van der Waals surface area contributed by atoms with Gasteiger partial charge in [-0.2, -0.15) is 0 Å². The maximum atomic E-state index is 10.8. The topological polar surface area (TPSA) is 60.8 Å². The SMILES string of the molecule is CC(C(=O)O)N(O)c1cccc2ccccc12. The smallest absolute Gasteiger partial charge is 0.328 e. The lowest BCUT2D eigenvalue weighted by molar-refractivity contribution is -0.139. The van der Waals surface area contributed by atoms with E-state index in [1.54, 1.807) is 12.1 Å². The zero-order valence-corrected chi connectivity index (χ0v) is 9.37. The van der Waals surface area contributed by atoms with E-state index in [2.05, 4.69) is 0 Å². The van der Waals surface area contributed by atoms with E-state index in [9.17, 15) is 10.0 Å². The van der Waals surface area contributed by atoms with Crippen LogP contribution in [-0.2, 0) is 4.79 Å². The van der Waals surface area contributed by atoms with Gasteiger partial charge >= 0.3 is 5.97 Å². The fourth-order valence-corrected chi connectivity index (χ4v) is 1.72. The summed E-state index contributed by atoms with van der Waals surface area (Å²) < 4.78 is 0. The van der Waals surface area contributed by atoms with E-state index < -0.39 is 12.0 Å². The van der Waals surface area contributed by atoms with E-state index >= 15 is 0 Å². The number of hydroxylamine groups is 1. The molecule has 0 saturated carbocycles. The summed E-state index contributed by atoms with van der Waals surface area (Å²) in [5, 5.41) is 21.4. The minimum atomic E-state index is -1.07. The molecule has 4 nitrogen and oxygen atoms in total. The van der Waals surface area contributed by atoms with Gasteiger partial charge < -0.3 is 5.11 Å². The van der Waals surface area contributed by atoms with Crippen molar-refractivity contribution >= 4 is 22.4 Å². The van der Waals surface area contributed by atoms with E-state index in [1.165, 1.54) is 6.92 Å². The van der Waals surface area contributed by atoms with Gasteiger partial charge in [-0.05, 0) is 18.4 Å². The number of carboxylic acid groups (broad SMARTS) is 1. The monoisotopic (exact) mass is 231 g/mol. The number of anilines is 1. The third kappa shape index (κ3) is 2.07. The van der Waals surface area contributed by atoms with Gasteiger partial charge in [0.1, 0.15) is 0 Å². The van der Waals surface area contributed by atoms with Crippen molar-refractivity contribution in [1.82, 2.24) is 0 Å². The summed E-state index contributed by atoms with van der Waals surface area (Å²) in [6, 6.07) is 11.9. The Hall–Kier alpha value is -2.07. The molecule has 2 aromatic carbocycles. The van der Waals surface area contributed by atoms with Crippen molar-refractivity contribution in [3.63, 3.8) is 0 Å². The molecular formula is C13H13NO3. The van der Waals surface area contributed by atoms with Crippen molar-refractivity contribution in [3.05, 3.63) is 42.5 Å². The lowest BCUT2D eigenvalue weighted by Gasteiger charge is -2.22. The largest absolute Gasteiger partial charge is 0.480 e. The first-order valence-electron chi connectivity index (χ1n) is 5.30. The lowest BCUT2D eigenvalue weighted by atomic mass is 10.1. The van der Waals surface area contributed by atoms with Gasteiger partial charge in [-0.1, -0.05) is 36.4 Å². The average Bonchev–Trinajstić information content (AvgIpc) is 2.36. The Balaban J connectivity index is 2.52. The summed E-state index contributed by atoms with van der Waals surface area (Å²) >= 11 is 0. The molecule has 0 aromatic heterocycles. The predicted octanol–water partition coefficient (Wildman–Crippen LogP) is 2.51. The van der Waals surface area contributed by atoms with Gasteiger partial charge in [0.15, 0.2) is 6.04 Å². The predicted molar refractivity (Wildman–Crippen MR) is 65.3 cm³/mol. The van der Waals surface area contributed by atoms with Crippen molar-refractivity contribution in [1.29, 1.82) is 0 Å². The van der Waals surface area contributed by atoms with E-state index in [0.717, 1.165) is 15.8 Å². The average molecular weight is 231 g/mol. The highest BCUT2D eigenvalue weighted by Crippen LogP contribution is 2.26. The molecule has 1 unspecified atom stereocenters. The Morgan fingerprint density at radius 3 is 2.53 bits per heavy atom. The standard InChI is InChI=1S/C13H13NO3/c1-9(13(15)16)14(17)12-8-4-6-10-5-2-3-7-11(10)12/h2-9,17H,1H3,(H,15,16). The molecule has 1 atom stereocenters. The van der Waals surface area contributed by atoms with Crippen LogP contribution < -0.4 is 5.06 Å². The Labute approximate surface area is 98.7 Å². The second kappa shape index (κ2) is 4.43. The lowest BCUT2D eigenvalue weighted by Crippen LogP contribution is -2.36. The number of nitrogens with zero attached hydrogens (tertiary/aromatic N) is 1. The fourth-order valence-electron chi connectivity index (χ4n) is 1.72. The molecule has 2 aromatic rings. The highest BCUT2D eigenvalue weighted by atomic mass is 16.5. The number of hydrogen-bond acceptors (Lipinski definition) is 3. The van der Waals surface area contributed by atoms with Gasteiger partial charge in [0.05, 0.1) is 5.69 Å². The van der Waals surface area contributed by atoms with Gasteiger partial charge in [-0.3, -0.25) is 5.21 Å². The molecule has 0 bridgehead atoms. The van der Waals surface area contributed by atoms with Crippen molar-refractivity contribution < 1.29 is 15.1 Å². The minimum Gasteiger partial charge on any atom is -0.480 e. The second-order valence-corrected chi connectivity index (χ2v) is 3.86. The molecule has 0 fully saturated rings. The summed E-state index contributed by atoms with van der Waals surface area (Å²) in [7, 11) is 0. The zero-order chi connectivity index (χ0) is 12.4. The number of benzene rings is 2. The Kier molecular flexibility index (Phi) is 2.97. The van der Waals surface area contributed by atoms with Crippen LogP contribution in [0.2, 0.25) is 0 Å². The van der Waals surface area contributed by atoms with Crippen LogP contribution in [0, 0.1) is 0 Å². The van der Waals surface area contributed by atoms with Gasteiger partial charge in [0.25, 0.3) is 0 Å². The molecule has 2 N–H and O–H groups in total. The molecule has 0 heterocycles. The molecule has 17 heavy (non-hydrogen) atoms. The van der Waals surface area contributed by atoms with Crippen molar-refractivity contribution in [3.8, 4) is 0 Å². The number of hydrogen-bond donors (Lipinski definition) is 2. The molecule has 0 spiro atoms. The van der Waals surface area contributed by atoms with Crippen LogP contribution in [0.3, 0.4) is 0 Å². The van der Waals surface area contributed by atoms with Crippen molar-refractivity contribution in [2.24, 2.45) is 0 Å². The summed E-state index contributed by atoms with van der Waals surface area (Å²) in [6.45, 7) is 1.43. The molecule has 0 amide bonds. The highest BCUT2D eigenvalue weighted by molar-refractivity contribution is 5.95.